The van der Waals surface area contributed by atoms with E-state index in [-0.39, 0.29) is 5.78 Å². The maximum Gasteiger partial charge on any atom is 0.162 e. The number of likely N-dealkylation sites (tertiary alicyclic amines) is 1. The van der Waals surface area contributed by atoms with Gasteiger partial charge in [-0.25, -0.2) is 0 Å². The molecule has 0 radical (unpaired) electrons. The van der Waals surface area contributed by atoms with Crippen LogP contribution in [0.2, 0.25) is 0 Å². The van der Waals surface area contributed by atoms with Crippen molar-refractivity contribution in [1.82, 2.24) is 4.90 Å². The molecule has 0 N–H and O–H groups in total. The van der Waals surface area contributed by atoms with Gasteiger partial charge >= 0.3 is 0 Å². The quantitative estimate of drug-likeness (QED) is 0.699. The third kappa shape index (κ3) is 4.31. The van der Waals surface area contributed by atoms with Gasteiger partial charge in [0.25, 0.3) is 0 Å². The van der Waals surface area contributed by atoms with Gasteiger partial charge < -0.3 is 9.80 Å². The molecule has 0 amide bonds. The number of ketones is 1. The highest BCUT2D eigenvalue weighted by Crippen LogP contribution is 2.29. The van der Waals surface area contributed by atoms with Crippen molar-refractivity contribution in [1.29, 1.82) is 0 Å². The maximum atomic E-state index is 12.0. The second-order valence-corrected chi connectivity index (χ2v) is 8.61. The average molecular weight is 357 g/mol. The largest absolute Gasteiger partial charge is 0.371 e. The van der Waals surface area contributed by atoms with Crippen LogP contribution < -0.4 is 4.90 Å². The number of hydrogen-bond acceptors (Lipinski definition) is 3. The molecule has 26 heavy (non-hydrogen) atoms. The Morgan fingerprint density at radius 2 is 1.73 bits per heavy atom. The standard InChI is InChI=1S/C23H36N2O/c1-5-23(26)22-7-6-21(16-18(22)4)25-14-10-20(11-15-25)24-12-8-19(9-13-24)17(2)3/h6-7,16-17,19-20H,5,8-15H2,1-4H3. The lowest BCUT2D eigenvalue weighted by molar-refractivity contribution is 0.0987. The fourth-order valence-electron chi connectivity index (χ4n) is 4.79. The molecule has 0 atom stereocenters. The zero-order valence-corrected chi connectivity index (χ0v) is 17.1. The number of rotatable bonds is 5. The lowest BCUT2D eigenvalue weighted by Gasteiger charge is -2.43. The molecule has 2 fully saturated rings. The molecule has 3 nitrogen and oxygen atoms in total. The molecule has 0 aromatic heterocycles. The fourth-order valence-corrected chi connectivity index (χ4v) is 4.79. The summed E-state index contributed by atoms with van der Waals surface area (Å²) in [5.74, 6) is 2.01. The predicted octanol–water partition coefficient (Wildman–Crippen LogP) is 4.92. The highest BCUT2D eigenvalue weighted by molar-refractivity contribution is 5.97. The average Bonchev–Trinajstić information content (AvgIpc) is 2.67. The van der Waals surface area contributed by atoms with Gasteiger partial charge in [-0.2, -0.15) is 0 Å². The molecule has 3 rings (SSSR count). The van der Waals surface area contributed by atoms with Gasteiger partial charge in [0.1, 0.15) is 0 Å². The van der Waals surface area contributed by atoms with Crippen LogP contribution in [0, 0.1) is 18.8 Å². The summed E-state index contributed by atoms with van der Waals surface area (Å²) >= 11 is 0. The summed E-state index contributed by atoms with van der Waals surface area (Å²) in [6.07, 6.45) is 5.87. The molecular formula is C23H36N2O. The summed E-state index contributed by atoms with van der Waals surface area (Å²) in [6.45, 7) is 13.6. The molecule has 2 heterocycles. The third-order valence-corrected chi connectivity index (χ3v) is 6.69. The Bertz CT molecular complexity index is 609. The second kappa shape index (κ2) is 8.56. The number of nitrogens with zero attached hydrogens (tertiary/aromatic N) is 2. The number of anilines is 1. The summed E-state index contributed by atoms with van der Waals surface area (Å²) in [4.78, 5) is 17.2. The third-order valence-electron chi connectivity index (χ3n) is 6.69. The summed E-state index contributed by atoms with van der Waals surface area (Å²) in [5.41, 5.74) is 3.29. The van der Waals surface area contributed by atoms with Crippen LogP contribution in [0.5, 0.6) is 0 Å². The van der Waals surface area contributed by atoms with Crippen LogP contribution in [-0.4, -0.2) is 42.9 Å². The molecular weight excluding hydrogens is 320 g/mol. The van der Waals surface area contributed by atoms with Crippen molar-refractivity contribution < 1.29 is 4.79 Å². The molecule has 0 spiro atoms. The number of carbonyl (C=O) groups is 1. The highest BCUT2D eigenvalue weighted by atomic mass is 16.1. The summed E-state index contributed by atoms with van der Waals surface area (Å²) in [6, 6.07) is 7.14. The molecule has 0 saturated carbocycles. The van der Waals surface area contributed by atoms with Gasteiger partial charge in [0.05, 0.1) is 0 Å². The smallest absolute Gasteiger partial charge is 0.162 e. The first-order chi connectivity index (χ1) is 12.5. The molecule has 1 aromatic carbocycles. The highest BCUT2D eigenvalue weighted by Gasteiger charge is 2.29. The van der Waals surface area contributed by atoms with E-state index < -0.39 is 0 Å². The molecule has 2 aliphatic rings. The topological polar surface area (TPSA) is 23.6 Å². The van der Waals surface area contributed by atoms with Gasteiger partial charge in [-0.3, -0.25) is 4.79 Å². The van der Waals surface area contributed by atoms with E-state index in [4.69, 9.17) is 0 Å². The molecule has 0 unspecified atom stereocenters. The predicted molar refractivity (Wildman–Crippen MR) is 110 cm³/mol. The Morgan fingerprint density at radius 1 is 1.08 bits per heavy atom. The Morgan fingerprint density at radius 3 is 2.27 bits per heavy atom. The van der Waals surface area contributed by atoms with Crippen molar-refractivity contribution in [2.75, 3.05) is 31.1 Å². The summed E-state index contributed by atoms with van der Waals surface area (Å²) in [7, 11) is 0. The number of benzene rings is 1. The van der Waals surface area contributed by atoms with Crippen LogP contribution in [0.1, 0.15) is 68.8 Å². The number of Topliss-reactive ketones (excluding diaryl/α,β-unsaturated/α-hetero) is 1. The van der Waals surface area contributed by atoms with E-state index in [1.165, 1.54) is 44.5 Å². The van der Waals surface area contributed by atoms with E-state index in [1.807, 2.05) is 13.0 Å². The van der Waals surface area contributed by atoms with Crippen molar-refractivity contribution in [3.05, 3.63) is 29.3 Å². The van der Waals surface area contributed by atoms with Gasteiger partial charge in [0.15, 0.2) is 5.78 Å². The summed E-state index contributed by atoms with van der Waals surface area (Å²) in [5, 5.41) is 0. The van der Waals surface area contributed by atoms with Crippen molar-refractivity contribution in [3.8, 4) is 0 Å². The monoisotopic (exact) mass is 356 g/mol. The number of hydrogen-bond donors (Lipinski definition) is 0. The Labute approximate surface area is 159 Å². The summed E-state index contributed by atoms with van der Waals surface area (Å²) < 4.78 is 0. The van der Waals surface area contributed by atoms with Gasteiger partial charge in [-0.15, -0.1) is 0 Å². The van der Waals surface area contributed by atoms with E-state index in [1.54, 1.807) is 0 Å². The molecule has 2 aliphatic heterocycles. The minimum absolute atomic E-state index is 0.248. The Hall–Kier alpha value is -1.35. The Kier molecular flexibility index (Phi) is 6.39. The van der Waals surface area contributed by atoms with Gasteiger partial charge in [0.2, 0.25) is 0 Å². The minimum atomic E-state index is 0.248. The van der Waals surface area contributed by atoms with Gasteiger partial charge in [-0.1, -0.05) is 20.8 Å². The van der Waals surface area contributed by atoms with Gasteiger partial charge in [-0.05, 0) is 81.3 Å². The number of aryl methyl sites for hydroxylation is 1. The van der Waals surface area contributed by atoms with Gasteiger partial charge in [0, 0.05) is 36.8 Å². The molecule has 0 aliphatic carbocycles. The SMILES string of the molecule is CCC(=O)c1ccc(N2CCC(N3CCC(C(C)C)CC3)CC2)cc1C. The van der Waals surface area contributed by atoms with Crippen molar-refractivity contribution >= 4 is 11.5 Å². The van der Waals surface area contributed by atoms with Crippen molar-refractivity contribution in [2.45, 2.75) is 65.8 Å². The van der Waals surface area contributed by atoms with Crippen LogP contribution in [0.15, 0.2) is 18.2 Å². The minimum Gasteiger partial charge on any atom is -0.371 e. The van der Waals surface area contributed by atoms with Crippen LogP contribution in [0.3, 0.4) is 0 Å². The van der Waals surface area contributed by atoms with Crippen LogP contribution in [0.4, 0.5) is 5.69 Å². The number of carbonyl (C=O) groups excluding carboxylic acids is 1. The fraction of sp³-hybridized carbons (Fsp3) is 0.696. The first-order valence-electron chi connectivity index (χ1n) is 10.6. The van der Waals surface area contributed by atoms with E-state index in [2.05, 4.69) is 42.7 Å². The number of piperidine rings is 2. The lowest BCUT2D eigenvalue weighted by atomic mass is 9.85. The van der Waals surface area contributed by atoms with Crippen molar-refractivity contribution in [3.63, 3.8) is 0 Å². The molecule has 0 bridgehead atoms. The van der Waals surface area contributed by atoms with Crippen LogP contribution in [-0.2, 0) is 0 Å². The maximum absolute atomic E-state index is 12.0. The first kappa shape index (κ1) is 19.4. The molecule has 3 heteroatoms. The molecule has 1 aromatic rings. The van der Waals surface area contributed by atoms with Crippen LogP contribution in [0.25, 0.3) is 0 Å². The van der Waals surface area contributed by atoms with E-state index in [0.29, 0.717) is 6.42 Å². The van der Waals surface area contributed by atoms with E-state index >= 15 is 0 Å². The van der Waals surface area contributed by atoms with E-state index in [0.717, 1.165) is 42.1 Å². The first-order valence-corrected chi connectivity index (χ1v) is 10.6. The zero-order chi connectivity index (χ0) is 18.7. The van der Waals surface area contributed by atoms with Crippen LogP contribution >= 0.6 is 0 Å². The molecule has 144 valence electrons. The second-order valence-electron chi connectivity index (χ2n) is 8.61. The zero-order valence-electron chi connectivity index (χ0n) is 17.1. The lowest BCUT2D eigenvalue weighted by Crippen LogP contribution is -2.48. The van der Waals surface area contributed by atoms with Crippen molar-refractivity contribution in [2.24, 2.45) is 11.8 Å². The van der Waals surface area contributed by atoms with E-state index in [9.17, 15) is 4.79 Å². The molecule has 2 saturated heterocycles. The Balaban J connectivity index is 1.54. The normalized spacial score (nSPS) is 20.7.